The molecule has 8 nitrogen and oxygen atoms in total. The molecule has 11 heteroatoms. The van der Waals surface area contributed by atoms with E-state index in [9.17, 15) is 22.0 Å². The fourth-order valence-corrected chi connectivity index (χ4v) is 7.69. The number of rotatable bonds is 7. The highest BCUT2D eigenvalue weighted by Crippen LogP contribution is 2.52. The van der Waals surface area contributed by atoms with Gasteiger partial charge >= 0.3 is 6.09 Å². The fourth-order valence-electron chi connectivity index (χ4n) is 5.74. The summed E-state index contributed by atoms with van der Waals surface area (Å²) < 4.78 is 63.9. The summed E-state index contributed by atoms with van der Waals surface area (Å²) in [5.41, 5.74) is -0.483. The van der Waals surface area contributed by atoms with E-state index < -0.39 is 45.4 Å². The van der Waals surface area contributed by atoms with Gasteiger partial charge < -0.3 is 14.7 Å². The molecule has 2 aromatic rings. The summed E-state index contributed by atoms with van der Waals surface area (Å²) in [6.45, 7) is 2.75. The first kappa shape index (κ1) is 27.0. The average Bonchev–Trinajstić information content (AvgIpc) is 3.69. The van der Waals surface area contributed by atoms with E-state index in [1.807, 2.05) is 0 Å². The molecule has 1 amide bonds. The zero-order chi connectivity index (χ0) is 26.9. The van der Waals surface area contributed by atoms with Crippen LogP contribution in [0.15, 0.2) is 53.4 Å². The van der Waals surface area contributed by atoms with Gasteiger partial charge in [0.15, 0.2) is 0 Å². The summed E-state index contributed by atoms with van der Waals surface area (Å²) in [7, 11) is -4.23. The number of carbonyl (C=O) groups is 1. The minimum Gasteiger partial charge on any atom is -0.441 e. The zero-order valence-electron chi connectivity index (χ0n) is 21.1. The topological polar surface area (TPSA) is 90.4 Å². The molecular weight excluding hydrogens is 516 g/mol. The molecule has 2 aromatic carbocycles. The van der Waals surface area contributed by atoms with E-state index in [2.05, 4.69) is 4.90 Å². The minimum atomic E-state index is -4.23. The van der Waals surface area contributed by atoms with Crippen molar-refractivity contribution in [1.82, 2.24) is 14.1 Å². The Balaban J connectivity index is 1.45. The lowest BCUT2D eigenvalue weighted by Crippen LogP contribution is -2.55. The van der Waals surface area contributed by atoms with E-state index in [1.54, 1.807) is 17.0 Å². The Morgan fingerprint density at radius 3 is 2.32 bits per heavy atom. The van der Waals surface area contributed by atoms with Crippen molar-refractivity contribution >= 4 is 16.1 Å². The van der Waals surface area contributed by atoms with Crippen LogP contribution in [0.3, 0.4) is 0 Å². The summed E-state index contributed by atoms with van der Waals surface area (Å²) in [6.07, 6.45) is 2.14. The molecule has 0 spiro atoms. The third kappa shape index (κ3) is 5.42. The number of ether oxygens (including phenoxy) is 1. The van der Waals surface area contributed by atoms with Gasteiger partial charge in [0.25, 0.3) is 0 Å². The number of carbonyl (C=O) groups excluding carboxylic acids is 1. The number of sulfonamides is 1. The van der Waals surface area contributed by atoms with Crippen LogP contribution in [-0.2, 0) is 14.8 Å². The SMILES string of the molecule is O=C(OC1([C@H]2CCC[C@@H](c3cccc(F)c3)N2S(=O)(=O)c2cccc(F)c2)CC1)N1CCN(CCO)CC1. The van der Waals surface area contributed by atoms with Gasteiger partial charge in [-0.3, -0.25) is 4.90 Å². The van der Waals surface area contributed by atoms with Crippen LogP contribution < -0.4 is 0 Å². The van der Waals surface area contributed by atoms with Gasteiger partial charge in [-0.1, -0.05) is 18.2 Å². The number of β-amino-alcohol motifs (C(OH)–C–C–N with tert-alkyl or cyclic N) is 1. The predicted molar refractivity (Wildman–Crippen MR) is 136 cm³/mol. The predicted octanol–water partition coefficient (Wildman–Crippen LogP) is 3.53. The third-order valence-electron chi connectivity index (χ3n) is 7.86. The van der Waals surface area contributed by atoms with Gasteiger partial charge in [-0.05, 0) is 68.0 Å². The molecule has 2 saturated heterocycles. The molecule has 0 bridgehead atoms. The normalized spacial score (nSPS) is 24.2. The molecule has 2 heterocycles. The minimum absolute atomic E-state index is 0.0529. The van der Waals surface area contributed by atoms with Crippen LogP contribution in [0.4, 0.5) is 13.6 Å². The first-order valence-corrected chi connectivity index (χ1v) is 14.5. The van der Waals surface area contributed by atoms with Crippen molar-refractivity contribution in [2.75, 3.05) is 39.3 Å². The van der Waals surface area contributed by atoms with Crippen molar-refractivity contribution in [1.29, 1.82) is 0 Å². The van der Waals surface area contributed by atoms with Gasteiger partial charge in [-0.15, -0.1) is 0 Å². The lowest BCUT2D eigenvalue weighted by Gasteiger charge is -2.45. The third-order valence-corrected chi connectivity index (χ3v) is 9.78. The maximum absolute atomic E-state index is 14.2. The number of aliphatic hydroxyl groups excluding tert-OH is 1. The van der Waals surface area contributed by atoms with E-state index in [-0.39, 0.29) is 11.5 Å². The molecule has 206 valence electrons. The molecule has 2 aliphatic heterocycles. The number of aliphatic hydroxyl groups is 1. The van der Waals surface area contributed by atoms with Crippen molar-refractivity contribution < 1.29 is 31.8 Å². The number of piperidine rings is 1. The van der Waals surface area contributed by atoms with Gasteiger partial charge in [-0.25, -0.2) is 22.0 Å². The first-order chi connectivity index (χ1) is 18.2. The second-order valence-electron chi connectivity index (χ2n) is 10.3. The Kier molecular flexibility index (Phi) is 7.72. The first-order valence-electron chi connectivity index (χ1n) is 13.1. The summed E-state index contributed by atoms with van der Waals surface area (Å²) >= 11 is 0. The van der Waals surface area contributed by atoms with Crippen molar-refractivity contribution in [3.63, 3.8) is 0 Å². The molecule has 0 radical (unpaired) electrons. The number of nitrogens with zero attached hydrogens (tertiary/aromatic N) is 3. The second-order valence-corrected chi connectivity index (χ2v) is 12.1. The number of hydrogen-bond acceptors (Lipinski definition) is 6. The van der Waals surface area contributed by atoms with Gasteiger partial charge in [-0.2, -0.15) is 4.31 Å². The van der Waals surface area contributed by atoms with Crippen molar-refractivity contribution in [2.24, 2.45) is 0 Å². The number of amides is 1. The Morgan fingerprint density at radius 1 is 1.00 bits per heavy atom. The highest BCUT2D eigenvalue weighted by atomic mass is 32.2. The molecule has 2 atom stereocenters. The molecule has 3 aliphatic rings. The monoisotopic (exact) mass is 549 g/mol. The van der Waals surface area contributed by atoms with Gasteiger partial charge in [0.2, 0.25) is 10.0 Å². The van der Waals surface area contributed by atoms with Crippen LogP contribution in [0.5, 0.6) is 0 Å². The molecule has 0 unspecified atom stereocenters. The number of benzene rings is 2. The maximum Gasteiger partial charge on any atom is 0.410 e. The Morgan fingerprint density at radius 2 is 1.68 bits per heavy atom. The van der Waals surface area contributed by atoms with Crippen molar-refractivity contribution in [3.8, 4) is 0 Å². The standard InChI is InChI=1S/C27H33F2N3O5S/c28-21-5-1-4-20(18-21)24-8-3-9-25(32(24)38(35,36)23-7-2-6-22(29)19-23)27(10-11-27)37-26(34)31-14-12-30(13-15-31)16-17-33/h1-2,4-7,18-19,24-25,33H,3,8-17H2/t24-,25+/m0/s1. The molecule has 1 saturated carbocycles. The Bertz CT molecular complexity index is 1260. The van der Waals surface area contributed by atoms with Crippen LogP contribution in [0.25, 0.3) is 0 Å². The highest BCUT2D eigenvalue weighted by Gasteiger charge is 2.60. The van der Waals surface area contributed by atoms with E-state index in [1.165, 1.54) is 34.6 Å². The molecule has 38 heavy (non-hydrogen) atoms. The zero-order valence-corrected chi connectivity index (χ0v) is 22.0. The Hall–Kier alpha value is -2.60. The molecular formula is C27H33F2N3O5S. The lowest BCUT2D eigenvalue weighted by atomic mass is 9.90. The van der Waals surface area contributed by atoms with E-state index in [4.69, 9.17) is 9.84 Å². The second kappa shape index (κ2) is 10.9. The van der Waals surface area contributed by atoms with E-state index in [0.717, 1.165) is 6.07 Å². The van der Waals surface area contributed by atoms with Gasteiger partial charge in [0.1, 0.15) is 17.2 Å². The Labute approximate surface area is 221 Å². The lowest BCUT2D eigenvalue weighted by molar-refractivity contribution is -0.0145. The summed E-state index contributed by atoms with van der Waals surface area (Å²) in [5.74, 6) is -1.14. The molecule has 3 fully saturated rings. The number of halogens is 2. The summed E-state index contributed by atoms with van der Waals surface area (Å²) in [6, 6.07) is 9.40. The van der Waals surface area contributed by atoms with Crippen molar-refractivity contribution in [3.05, 3.63) is 65.7 Å². The molecule has 1 aliphatic carbocycles. The van der Waals surface area contributed by atoms with Crippen LogP contribution in [0, 0.1) is 11.6 Å². The number of hydrogen-bond donors (Lipinski definition) is 1. The van der Waals surface area contributed by atoms with Crippen LogP contribution >= 0.6 is 0 Å². The highest BCUT2D eigenvalue weighted by molar-refractivity contribution is 7.89. The van der Waals surface area contributed by atoms with E-state index >= 15 is 0 Å². The molecule has 5 rings (SSSR count). The quantitative estimate of drug-likeness (QED) is 0.569. The van der Waals surface area contributed by atoms with Crippen LogP contribution in [0.1, 0.15) is 43.7 Å². The summed E-state index contributed by atoms with van der Waals surface area (Å²) in [5, 5.41) is 9.16. The largest absolute Gasteiger partial charge is 0.441 e. The average molecular weight is 550 g/mol. The smallest absolute Gasteiger partial charge is 0.410 e. The van der Waals surface area contributed by atoms with Crippen LogP contribution in [-0.4, -0.2) is 84.7 Å². The van der Waals surface area contributed by atoms with Gasteiger partial charge in [0, 0.05) is 32.7 Å². The maximum atomic E-state index is 14.2. The van der Waals surface area contributed by atoms with Crippen molar-refractivity contribution in [2.45, 2.75) is 54.7 Å². The van der Waals surface area contributed by atoms with Crippen LogP contribution in [0.2, 0.25) is 0 Å². The summed E-state index contributed by atoms with van der Waals surface area (Å²) in [4.78, 5) is 16.7. The van der Waals surface area contributed by atoms with Gasteiger partial charge in [0.05, 0.1) is 23.6 Å². The number of piperazine rings is 1. The molecule has 1 N–H and O–H groups in total. The fraction of sp³-hybridized carbons (Fsp3) is 0.519. The molecule has 0 aromatic heterocycles. The van der Waals surface area contributed by atoms with E-state index in [0.29, 0.717) is 70.4 Å².